The fourth-order valence-corrected chi connectivity index (χ4v) is 2.11. The molecule has 0 saturated heterocycles. The summed E-state index contributed by atoms with van der Waals surface area (Å²) in [6.45, 7) is 19.3. The van der Waals surface area contributed by atoms with Crippen LogP contribution in [0.2, 0.25) is 0 Å². The molecule has 0 rings (SSSR count). The molecule has 0 aromatic carbocycles. The Morgan fingerprint density at radius 2 is 1.63 bits per heavy atom. The predicted octanol–water partition coefficient (Wildman–Crippen LogP) is 5.00. The van der Waals surface area contributed by atoms with Crippen LogP contribution in [-0.4, -0.2) is 16.3 Å². The van der Waals surface area contributed by atoms with E-state index in [0.717, 1.165) is 12.1 Å². The number of carbonyl (C=O) groups excluding carboxylic acids is 1. The Hall–Kier alpha value is -0.790. The van der Waals surface area contributed by atoms with Gasteiger partial charge in [0.2, 0.25) is 5.91 Å². The lowest BCUT2D eigenvalue weighted by Crippen LogP contribution is -2.44. The Balaban J connectivity index is 5.29. The number of carbonyl (C=O) groups is 1. The zero-order valence-electron chi connectivity index (χ0n) is 14.4. The van der Waals surface area contributed by atoms with E-state index in [9.17, 15) is 4.79 Å². The maximum Gasteiger partial charge on any atom is 0.227 e. The van der Waals surface area contributed by atoms with E-state index < -0.39 is 0 Å². The number of nitrogens with zero attached hydrogens (tertiary/aromatic N) is 1. The molecule has 0 aliphatic carbocycles. The van der Waals surface area contributed by atoms with Gasteiger partial charge in [-0.05, 0) is 45.4 Å². The Kier molecular flexibility index (Phi) is 6.31. The lowest BCUT2D eigenvalue weighted by Gasteiger charge is -2.37. The molecule has 0 N–H and O–H groups in total. The zero-order chi connectivity index (χ0) is 15.4. The third-order valence-corrected chi connectivity index (χ3v) is 3.59. The van der Waals surface area contributed by atoms with Crippen molar-refractivity contribution in [1.82, 2.24) is 4.90 Å². The van der Waals surface area contributed by atoms with Gasteiger partial charge in [0, 0.05) is 17.7 Å². The molecule has 2 heteroatoms. The highest BCUT2D eigenvalue weighted by molar-refractivity contribution is 5.78. The predicted molar refractivity (Wildman–Crippen MR) is 83.9 cm³/mol. The molecule has 112 valence electrons. The summed E-state index contributed by atoms with van der Waals surface area (Å²) in [7, 11) is 0. The monoisotopic (exact) mass is 267 g/mol. The minimum atomic E-state index is -0.162. The SMILES string of the molecule is CCCC(=O)N(/C(C)=C/C(C)C(C)(C)C)C(C)(C)C. The van der Waals surface area contributed by atoms with Crippen LogP contribution >= 0.6 is 0 Å². The van der Waals surface area contributed by atoms with Crippen LogP contribution in [-0.2, 0) is 4.79 Å². The summed E-state index contributed by atoms with van der Waals surface area (Å²) in [6, 6.07) is 0. The van der Waals surface area contributed by atoms with Crippen LogP contribution in [0, 0.1) is 11.3 Å². The molecule has 0 aliphatic heterocycles. The standard InChI is InChI=1S/C17H33NO/c1-10-11-15(19)18(17(7,8)9)14(3)12-13(2)16(4,5)6/h12-13H,10-11H2,1-9H3/b14-12+. The fourth-order valence-electron chi connectivity index (χ4n) is 2.11. The van der Waals surface area contributed by atoms with E-state index in [2.05, 4.69) is 68.4 Å². The maximum atomic E-state index is 12.3. The van der Waals surface area contributed by atoms with Gasteiger partial charge in [0.25, 0.3) is 0 Å². The van der Waals surface area contributed by atoms with Gasteiger partial charge in [0.05, 0.1) is 0 Å². The molecule has 0 fully saturated rings. The molecule has 0 bridgehead atoms. The molecule has 19 heavy (non-hydrogen) atoms. The summed E-state index contributed by atoms with van der Waals surface area (Å²) in [5.74, 6) is 0.664. The van der Waals surface area contributed by atoms with Gasteiger partial charge in [0.1, 0.15) is 0 Å². The third-order valence-electron chi connectivity index (χ3n) is 3.59. The smallest absolute Gasteiger partial charge is 0.227 e. The second kappa shape index (κ2) is 6.58. The van der Waals surface area contributed by atoms with Crippen molar-refractivity contribution in [3.63, 3.8) is 0 Å². The van der Waals surface area contributed by atoms with E-state index in [1.54, 1.807) is 0 Å². The average Bonchev–Trinajstić information content (AvgIpc) is 2.13. The molecule has 1 atom stereocenters. The molecular formula is C17H33NO. The van der Waals surface area contributed by atoms with Crippen molar-refractivity contribution >= 4 is 5.91 Å². The maximum absolute atomic E-state index is 12.3. The Morgan fingerprint density at radius 3 is 1.95 bits per heavy atom. The summed E-state index contributed by atoms with van der Waals surface area (Å²) >= 11 is 0. The van der Waals surface area contributed by atoms with E-state index in [0.29, 0.717) is 12.3 Å². The first-order chi connectivity index (χ1) is 8.41. The van der Waals surface area contributed by atoms with Crippen molar-refractivity contribution in [2.24, 2.45) is 11.3 Å². The van der Waals surface area contributed by atoms with Gasteiger partial charge in [-0.15, -0.1) is 0 Å². The second-order valence-corrected chi connectivity index (χ2v) is 7.61. The third kappa shape index (κ3) is 5.80. The molecule has 0 spiro atoms. The van der Waals surface area contributed by atoms with Gasteiger partial charge in [-0.1, -0.05) is 40.7 Å². The molecule has 2 nitrogen and oxygen atoms in total. The Morgan fingerprint density at radius 1 is 1.16 bits per heavy atom. The summed E-state index contributed by atoms with van der Waals surface area (Å²) in [5.41, 5.74) is 1.14. The molecule has 0 radical (unpaired) electrons. The van der Waals surface area contributed by atoms with Crippen LogP contribution in [0.15, 0.2) is 11.8 Å². The molecule has 1 amide bonds. The largest absolute Gasteiger partial charge is 0.312 e. The Labute approximate surface area is 120 Å². The molecule has 0 aliphatic rings. The van der Waals surface area contributed by atoms with Crippen LogP contribution in [0.4, 0.5) is 0 Å². The molecule has 0 aromatic heterocycles. The van der Waals surface area contributed by atoms with Gasteiger partial charge in [0.15, 0.2) is 0 Å². The Bertz CT molecular complexity index is 328. The quantitative estimate of drug-likeness (QED) is 0.702. The first kappa shape index (κ1) is 18.2. The van der Waals surface area contributed by atoms with E-state index in [4.69, 9.17) is 0 Å². The van der Waals surface area contributed by atoms with Crippen molar-refractivity contribution in [2.75, 3.05) is 0 Å². The van der Waals surface area contributed by atoms with Gasteiger partial charge in [-0.25, -0.2) is 0 Å². The number of amides is 1. The van der Waals surface area contributed by atoms with Crippen molar-refractivity contribution in [1.29, 1.82) is 0 Å². The van der Waals surface area contributed by atoms with Crippen molar-refractivity contribution in [2.45, 2.75) is 80.7 Å². The van der Waals surface area contributed by atoms with Gasteiger partial charge in [-0.3, -0.25) is 4.79 Å². The highest BCUT2D eigenvalue weighted by Gasteiger charge is 2.28. The zero-order valence-corrected chi connectivity index (χ0v) is 14.4. The highest BCUT2D eigenvalue weighted by Crippen LogP contribution is 2.29. The summed E-state index contributed by atoms with van der Waals surface area (Å²) in [4.78, 5) is 14.3. The molecule has 0 aromatic rings. The van der Waals surface area contributed by atoms with E-state index in [-0.39, 0.29) is 16.9 Å². The number of rotatable bonds is 4. The van der Waals surface area contributed by atoms with Crippen molar-refractivity contribution in [3.8, 4) is 0 Å². The highest BCUT2D eigenvalue weighted by atomic mass is 16.2. The topological polar surface area (TPSA) is 20.3 Å². The normalized spacial score (nSPS) is 15.3. The average molecular weight is 267 g/mol. The van der Waals surface area contributed by atoms with Crippen LogP contribution in [0.3, 0.4) is 0 Å². The van der Waals surface area contributed by atoms with Crippen molar-refractivity contribution < 1.29 is 4.79 Å². The van der Waals surface area contributed by atoms with Crippen LogP contribution in [0.1, 0.15) is 75.2 Å². The molecular weight excluding hydrogens is 234 g/mol. The first-order valence-electron chi connectivity index (χ1n) is 7.42. The summed E-state index contributed by atoms with van der Waals surface area (Å²) in [6.07, 6.45) is 3.75. The number of allylic oxidation sites excluding steroid dienone is 2. The lowest BCUT2D eigenvalue weighted by molar-refractivity contribution is -0.133. The van der Waals surface area contributed by atoms with Crippen LogP contribution in [0.5, 0.6) is 0 Å². The van der Waals surface area contributed by atoms with E-state index in [1.165, 1.54) is 0 Å². The van der Waals surface area contributed by atoms with Crippen molar-refractivity contribution in [3.05, 3.63) is 11.8 Å². The number of hydrogen-bond acceptors (Lipinski definition) is 1. The van der Waals surface area contributed by atoms with Gasteiger partial charge in [-0.2, -0.15) is 0 Å². The minimum Gasteiger partial charge on any atom is -0.312 e. The molecule has 0 saturated carbocycles. The van der Waals surface area contributed by atoms with E-state index in [1.807, 2.05) is 4.90 Å². The van der Waals surface area contributed by atoms with E-state index >= 15 is 0 Å². The first-order valence-corrected chi connectivity index (χ1v) is 7.42. The number of hydrogen-bond donors (Lipinski definition) is 0. The van der Waals surface area contributed by atoms with Crippen LogP contribution in [0.25, 0.3) is 0 Å². The minimum absolute atomic E-state index is 0.162. The summed E-state index contributed by atoms with van der Waals surface area (Å²) in [5, 5.41) is 0. The summed E-state index contributed by atoms with van der Waals surface area (Å²) < 4.78 is 0. The molecule has 1 unspecified atom stereocenters. The van der Waals surface area contributed by atoms with Gasteiger partial charge >= 0.3 is 0 Å². The van der Waals surface area contributed by atoms with Crippen LogP contribution < -0.4 is 0 Å². The second-order valence-electron chi connectivity index (χ2n) is 7.61. The fraction of sp³-hybridized carbons (Fsp3) is 0.824. The lowest BCUT2D eigenvalue weighted by atomic mass is 9.81. The van der Waals surface area contributed by atoms with Gasteiger partial charge < -0.3 is 4.90 Å². The molecule has 0 heterocycles.